The number of benzene rings is 2. The molecule has 0 aliphatic heterocycles. The third kappa shape index (κ3) is 2.40. The van der Waals surface area contributed by atoms with E-state index >= 15 is 0 Å². The van der Waals surface area contributed by atoms with Crippen LogP contribution in [-0.4, -0.2) is 17.2 Å². The van der Waals surface area contributed by atoms with Crippen molar-refractivity contribution in [1.82, 2.24) is 4.98 Å². The highest BCUT2D eigenvalue weighted by Gasteiger charge is 2.18. The van der Waals surface area contributed by atoms with E-state index in [0.717, 1.165) is 10.5 Å². The first kappa shape index (κ1) is 14.3. The van der Waals surface area contributed by atoms with Crippen molar-refractivity contribution < 1.29 is 18.7 Å². The van der Waals surface area contributed by atoms with Gasteiger partial charge in [-0.15, -0.1) is 0 Å². The Kier molecular flexibility index (Phi) is 3.62. The minimum Gasteiger partial charge on any atom is -0.505 e. The molecule has 0 aliphatic carbocycles. The normalized spacial score (nSPS) is 11.0. The summed E-state index contributed by atoms with van der Waals surface area (Å²) in [5.41, 5.74) is 1.44. The first-order valence-electron chi connectivity index (χ1n) is 5.82. The number of methoxy groups -OCH3 is 1. The Bertz CT molecular complexity index is 848. The molecule has 108 valence electrons. The summed E-state index contributed by atoms with van der Waals surface area (Å²) < 4.78 is 25.9. The van der Waals surface area contributed by atoms with Crippen molar-refractivity contribution in [3.05, 3.63) is 39.0 Å². The van der Waals surface area contributed by atoms with Gasteiger partial charge in [0.15, 0.2) is 22.9 Å². The molecule has 0 saturated heterocycles. The van der Waals surface area contributed by atoms with Crippen LogP contribution in [0.1, 0.15) is 0 Å². The fourth-order valence-corrected chi connectivity index (χ4v) is 3.32. The van der Waals surface area contributed by atoms with E-state index in [2.05, 4.69) is 36.8 Å². The molecule has 1 aromatic heterocycles. The van der Waals surface area contributed by atoms with Crippen LogP contribution in [-0.2, 0) is 0 Å². The first-order valence-corrected chi connectivity index (χ1v) is 7.41. The van der Waals surface area contributed by atoms with E-state index in [1.807, 2.05) is 0 Å². The maximum atomic E-state index is 13.4. The van der Waals surface area contributed by atoms with E-state index in [-0.39, 0.29) is 5.89 Å². The highest BCUT2D eigenvalue weighted by Crippen LogP contribution is 2.40. The zero-order valence-electron chi connectivity index (χ0n) is 10.7. The van der Waals surface area contributed by atoms with E-state index in [4.69, 9.17) is 9.15 Å². The number of halogens is 3. The number of aromatic hydroxyl groups is 1. The largest absolute Gasteiger partial charge is 0.505 e. The second-order valence-electron chi connectivity index (χ2n) is 4.24. The molecule has 21 heavy (non-hydrogen) atoms. The molecule has 3 aromatic rings. The molecule has 2 aromatic carbocycles. The molecule has 1 heterocycles. The number of hydrogen-bond acceptors (Lipinski definition) is 4. The maximum absolute atomic E-state index is 13.4. The minimum atomic E-state index is -0.734. The lowest BCUT2D eigenvalue weighted by Gasteiger charge is -2.03. The molecule has 0 amide bonds. The van der Waals surface area contributed by atoms with Crippen LogP contribution < -0.4 is 4.74 Å². The van der Waals surface area contributed by atoms with Crippen LogP contribution in [0.25, 0.3) is 22.6 Å². The Morgan fingerprint density at radius 3 is 2.67 bits per heavy atom. The average molecular weight is 417 g/mol. The Morgan fingerprint density at radius 2 is 2.00 bits per heavy atom. The molecule has 0 spiro atoms. The van der Waals surface area contributed by atoms with E-state index in [1.54, 1.807) is 6.07 Å². The lowest BCUT2D eigenvalue weighted by atomic mass is 10.2. The molecule has 4 nitrogen and oxygen atoms in total. The van der Waals surface area contributed by atoms with Crippen molar-refractivity contribution in [2.45, 2.75) is 0 Å². The van der Waals surface area contributed by atoms with E-state index in [9.17, 15) is 9.50 Å². The number of hydrogen-bond donors (Lipinski definition) is 1. The van der Waals surface area contributed by atoms with Gasteiger partial charge >= 0.3 is 0 Å². The van der Waals surface area contributed by atoms with Crippen LogP contribution in [0.2, 0.25) is 0 Å². The van der Waals surface area contributed by atoms with Crippen molar-refractivity contribution in [3.63, 3.8) is 0 Å². The summed E-state index contributed by atoms with van der Waals surface area (Å²) in [6.45, 7) is 0. The standard InChI is InChI=1S/C14H8Br2FNO3/c1-20-12-8(16)5-7(15)11-13(12)21-14(18-11)6-2-3-10(19)9(17)4-6/h2-5,19H,1H3. The van der Waals surface area contributed by atoms with Crippen LogP contribution in [0.4, 0.5) is 4.39 Å². The van der Waals surface area contributed by atoms with Gasteiger partial charge in [0.2, 0.25) is 5.89 Å². The molecule has 0 bridgehead atoms. The lowest BCUT2D eigenvalue weighted by Crippen LogP contribution is -1.85. The van der Waals surface area contributed by atoms with Crippen molar-refractivity contribution in [2.24, 2.45) is 0 Å². The second kappa shape index (κ2) is 5.31. The minimum absolute atomic E-state index is 0.237. The summed E-state index contributed by atoms with van der Waals surface area (Å²) in [6, 6.07) is 5.74. The number of oxazole rings is 1. The molecule has 1 N–H and O–H groups in total. The summed E-state index contributed by atoms with van der Waals surface area (Å²) >= 11 is 6.78. The Balaban J connectivity index is 2.25. The van der Waals surface area contributed by atoms with Gasteiger partial charge < -0.3 is 14.3 Å². The fourth-order valence-electron chi connectivity index (χ4n) is 1.94. The Labute approximate surface area is 135 Å². The fraction of sp³-hybridized carbons (Fsp3) is 0.0714. The van der Waals surface area contributed by atoms with Gasteiger partial charge in [-0.05, 0) is 56.1 Å². The van der Waals surface area contributed by atoms with Gasteiger partial charge in [-0.25, -0.2) is 9.37 Å². The van der Waals surface area contributed by atoms with Crippen LogP contribution in [0.3, 0.4) is 0 Å². The Morgan fingerprint density at radius 1 is 1.24 bits per heavy atom. The topological polar surface area (TPSA) is 55.5 Å². The molecule has 0 fully saturated rings. The second-order valence-corrected chi connectivity index (χ2v) is 5.95. The number of ether oxygens (including phenoxy) is 1. The van der Waals surface area contributed by atoms with E-state index in [0.29, 0.717) is 26.9 Å². The molecule has 0 unspecified atom stereocenters. The molecular formula is C14H8Br2FNO3. The van der Waals surface area contributed by atoms with Gasteiger partial charge in [-0.3, -0.25) is 0 Å². The number of aromatic nitrogens is 1. The lowest BCUT2D eigenvalue weighted by molar-refractivity contribution is 0.408. The number of fused-ring (bicyclic) bond motifs is 1. The van der Waals surface area contributed by atoms with Crippen molar-refractivity contribution in [3.8, 4) is 23.0 Å². The van der Waals surface area contributed by atoms with E-state index in [1.165, 1.54) is 19.2 Å². The van der Waals surface area contributed by atoms with Crippen molar-refractivity contribution in [2.75, 3.05) is 7.11 Å². The van der Waals surface area contributed by atoms with Gasteiger partial charge in [0, 0.05) is 10.0 Å². The summed E-state index contributed by atoms with van der Waals surface area (Å²) in [6.07, 6.45) is 0. The van der Waals surface area contributed by atoms with Crippen LogP contribution >= 0.6 is 31.9 Å². The van der Waals surface area contributed by atoms with Gasteiger partial charge in [0.1, 0.15) is 5.52 Å². The summed E-state index contributed by atoms with van der Waals surface area (Å²) in [5.74, 6) is -0.412. The highest BCUT2D eigenvalue weighted by molar-refractivity contribution is 9.11. The zero-order valence-corrected chi connectivity index (χ0v) is 13.8. The average Bonchev–Trinajstić information content (AvgIpc) is 2.87. The number of phenolic OH excluding ortho intramolecular Hbond substituents is 1. The molecule has 0 saturated carbocycles. The van der Waals surface area contributed by atoms with Gasteiger partial charge in [-0.1, -0.05) is 0 Å². The monoisotopic (exact) mass is 415 g/mol. The molecule has 0 radical (unpaired) electrons. The van der Waals surface area contributed by atoms with Gasteiger partial charge in [0.05, 0.1) is 11.6 Å². The van der Waals surface area contributed by atoms with Crippen molar-refractivity contribution >= 4 is 43.0 Å². The predicted molar refractivity (Wildman–Crippen MR) is 83.0 cm³/mol. The van der Waals surface area contributed by atoms with Crippen LogP contribution in [0, 0.1) is 5.82 Å². The van der Waals surface area contributed by atoms with Crippen molar-refractivity contribution in [1.29, 1.82) is 0 Å². The molecule has 0 aliphatic rings. The quantitative estimate of drug-likeness (QED) is 0.647. The predicted octanol–water partition coefficient (Wildman–Crippen LogP) is 4.87. The maximum Gasteiger partial charge on any atom is 0.227 e. The van der Waals surface area contributed by atoms with Gasteiger partial charge in [0.25, 0.3) is 0 Å². The smallest absolute Gasteiger partial charge is 0.227 e. The van der Waals surface area contributed by atoms with Crippen LogP contribution in [0.15, 0.2) is 37.6 Å². The highest BCUT2D eigenvalue weighted by atomic mass is 79.9. The summed E-state index contributed by atoms with van der Waals surface area (Å²) in [5, 5.41) is 9.23. The molecule has 3 rings (SSSR count). The third-order valence-corrected chi connectivity index (χ3v) is 4.12. The summed E-state index contributed by atoms with van der Waals surface area (Å²) in [4.78, 5) is 4.34. The summed E-state index contributed by atoms with van der Waals surface area (Å²) in [7, 11) is 1.52. The Hall–Kier alpha value is -1.60. The molecular weight excluding hydrogens is 409 g/mol. The first-order chi connectivity index (χ1) is 10.0. The number of rotatable bonds is 2. The SMILES string of the molecule is COc1c(Br)cc(Br)c2nc(-c3ccc(O)c(F)c3)oc12. The third-order valence-electron chi connectivity index (χ3n) is 2.93. The van der Waals surface area contributed by atoms with Gasteiger partial charge in [-0.2, -0.15) is 0 Å². The molecule has 7 heteroatoms. The number of nitrogens with zero attached hydrogens (tertiary/aromatic N) is 1. The number of phenols is 1. The van der Waals surface area contributed by atoms with Crippen LogP contribution in [0.5, 0.6) is 11.5 Å². The van der Waals surface area contributed by atoms with E-state index < -0.39 is 11.6 Å². The zero-order chi connectivity index (χ0) is 15.1. The molecule has 0 atom stereocenters.